The highest BCUT2D eigenvalue weighted by Gasteiger charge is 2.24. The minimum atomic E-state index is -0.185. The van der Waals surface area contributed by atoms with Crippen molar-refractivity contribution in [2.24, 2.45) is 7.05 Å². The number of para-hydroxylation sites is 2. The second kappa shape index (κ2) is 8.60. The molecular formula is C20H29N5O3. The molecule has 2 amide bonds. The fraction of sp³-hybridized carbons (Fsp3) is 0.550. The summed E-state index contributed by atoms with van der Waals surface area (Å²) >= 11 is 0. The molecule has 0 saturated carbocycles. The van der Waals surface area contributed by atoms with Gasteiger partial charge in [-0.25, -0.2) is 4.79 Å². The number of amides is 2. The summed E-state index contributed by atoms with van der Waals surface area (Å²) in [5.74, 6) is -0.0430. The van der Waals surface area contributed by atoms with Crippen LogP contribution in [0, 0.1) is 0 Å². The van der Waals surface area contributed by atoms with Crippen LogP contribution in [0.1, 0.15) is 20.3 Å². The second-order valence-electron chi connectivity index (χ2n) is 7.45. The summed E-state index contributed by atoms with van der Waals surface area (Å²) in [6.45, 7) is 6.86. The van der Waals surface area contributed by atoms with E-state index in [1.165, 1.54) is 4.57 Å². The molecule has 8 heteroatoms. The highest BCUT2D eigenvalue weighted by molar-refractivity contribution is 5.81. The molecule has 0 aliphatic carbocycles. The van der Waals surface area contributed by atoms with Crippen LogP contribution < -0.4 is 11.0 Å². The van der Waals surface area contributed by atoms with Gasteiger partial charge in [-0.1, -0.05) is 19.1 Å². The molecule has 1 saturated heterocycles. The molecular weight excluding hydrogens is 358 g/mol. The summed E-state index contributed by atoms with van der Waals surface area (Å²) in [5.41, 5.74) is 1.40. The highest BCUT2D eigenvalue weighted by atomic mass is 16.2. The number of hydrogen-bond donors (Lipinski definition) is 1. The minimum Gasteiger partial charge on any atom is -0.353 e. The van der Waals surface area contributed by atoms with Crippen LogP contribution in [0.25, 0.3) is 11.0 Å². The zero-order valence-corrected chi connectivity index (χ0v) is 16.9. The molecule has 1 fully saturated rings. The first kappa shape index (κ1) is 20.1. The van der Waals surface area contributed by atoms with E-state index >= 15 is 0 Å². The normalized spacial score (nSPS) is 16.3. The zero-order valence-electron chi connectivity index (χ0n) is 16.9. The smallest absolute Gasteiger partial charge is 0.329 e. The molecule has 0 radical (unpaired) electrons. The van der Waals surface area contributed by atoms with Crippen LogP contribution in [-0.4, -0.2) is 69.5 Å². The lowest BCUT2D eigenvalue weighted by molar-refractivity contribution is -0.133. The molecule has 2 aromatic rings. The van der Waals surface area contributed by atoms with Crippen molar-refractivity contribution in [1.29, 1.82) is 0 Å². The predicted octanol–water partition coefficient (Wildman–Crippen LogP) is 0.399. The molecule has 3 rings (SSSR count). The highest BCUT2D eigenvalue weighted by Crippen LogP contribution is 2.12. The van der Waals surface area contributed by atoms with E-state index in [4.69, 9.17) is 0 Å². The topological polar surface area (TPSA) is 79.6 Å². The van der Waals surface area contributed by atoms with E-state index in [-0.39, 0.29) is 30.1 Å². The Balaban J connectivity index is 1.57. The molecule has 152 valence electrons. The Kier molecular flexibility index (Phi) is 6.18. The maximum atomic E-state index is 12.7. The molecule has 28 heavy (non-hydrogen) atoms. The Morgan fingerprint density at radius 1 is 1.07 bits per heavy atom. The summed E-state index contributed by atoms with van der Waals surface area (Å²) in [6, 6.07) is 7.66. The Morgan fingerprint density at radius 3 is 2.36 bits per heavy atom. The largest absolute Gasteiger partial charge is 0.353 e. The molecule has 1 unspecified atom stereocenters. The van der Waals surface area contributed by atoms with Crippen LogP contribution in [-0.2, 0) is 23.2 Å². The van der Waals surface area contributed by atoms with Gasteiger partial charge >= 0.3 is 5.69 Å². The quantitative estimate of drug-likeness (QED) is 0.778. The van der Waals surface area contributed by atoms with Gasteiger partial charge in [-0.15, -0.1) is 0 Å². The number of aromatic nitrogens is 2. The van der Waals surface area contributed by atoms with Crippen molar-refractivity contribution < 1.29 is 9.59 Å². The van der Waals surface area contributed by atoms with Gasteiger partial charge in [0.1, 0.15) is 6.54 Å². The molecule has 1 aromatic carbocycles. The molecule has 0 bridgehead atoms. The summed E-state index contributed by atoms with van der Waals surface area (Å²) < 4.78 is 3.10. The van der Waals surface area contributed by atoms with Gasteiger partial charge in [0.15, 0.2) is 0 Å². The maximum absolute atomic E-state index is 12.7. The molecule has 8 nitrogen and oxygen atoms in total. The summed E-state index contributed by atoms with van der Waals surface area (Å²) in [5, 5.41) is 2.97. The van der Waals surface area contributed by atoms with Gasteiger partial charge in [0, 0.05) is 39.3 Å². The fourth-order valence-electron chi connectivity index (χ4n) is 3.53. The van der Waals surface area contributed by atoms with E-state index in [1.54, 1.807) is 16.5 Å². The molecule has 2 heterocycles. The van der Waals surface area contributed by atoms with E-state index in [0.29, 0.717) is 32.7 Å². The first-order valence-electron chi connectivity index (χ1n) is 9.84. The maximum Gasteiger partial charge on any atom is 0.329 e. The van der Waals surface area contributed by atoms with Gasteiger partial charge in [-0.2, -0.15) is 0 Å². The van der Waals surface area contributed by atoms with Crippen LogP contribution in [0.5, 0.6) is 0 Å². The Labute approximate surface area is 164 Å². The lowest BCUT2D eigenvalue weighted by Gasteiger charge is -2.34. The van der Waals surface area contributed by atoms with Crippen LogP contribution in [0.4, 0.5) is 0 Å². The minimum absolute atomic E-state index is 0.0245. The summed E-state index contributed by atoms with van der Waals surface area (Å²) in [6.07, 6.45) is 0.904. The van der Waals surface area contributed by atoms with Gasteiger partial charge in [-0.3, -0.25) is 23.6 Å². The number of piperazine rings is 1. The summed E-state index contributed by atoms with van der Waals surface area (Å²) in [4.78, 5) is 41.1. The number of rotatable bonds is 6. The number of hydrogen-bond acceptors (Lipinski definition) is 4. The Bertz CT molecular complexity index is 908. The lowest BCUT2D eigenvalue weighted by atomic mass is 10.2. The molecule has 1 aliphatic heterocycles. The molecule has 1 N–H and O–H groups in total. The number of imidazole rings is 1. The number of benzene rings is 1. The second-order valence-corrected chi connectivity index (χ2v) is 7.45. The van der Waals surface area contributed by atoms with Crippen LogP contribution in [0.3, 0.4) is 0 Å². The van der Waals surface area contributed by atoms with Gasteiger partial charge < -0.3 is 10.2 Å². The van der Waals surface area contributed by atoms with E-state index in [9.17, 15) is 14.4 Å². The zero-order chi connectivity index (χ0) is 20.3. The number of nitrogens with zero attached hydrogens (tertiary/aromatic N) is 4. The Morgan fingerprint density at radius 2 is 1.71 bits per heavy atom. The molecule has 1 atom stereocenters. The average molecular weight is 387 g/mol. The monoisotopic (exact) mass is 387 g/mol. The third-order valence-electron chi connectivity index (χ3n) is 5.46. The Hall–Kier alpha value is -2.61. The van der Waals surface area contributed by atoms with E-state index < -0.39 is 0 Å². The number of aryl methyl sites for hydroxylation is 1. The molecule has 1 aromatic heterocycles. The first-order chi connectivity index (χ1) is 13.4. The average Bonchev–Trinajstić information content (AvgIpc) is 2.93. The third kappa shape index (κ3) is 4.27. The number of fused-ring (bicyclic) bond motifs is 1. The van der Waals surface area contributed by atoms with E-state index in [2.05, 4.69) is 10.2 Å². The fourth-order valence-corrected chi connectivity index (χ4v) is 3.53. The molecule has 0 spiro atoms. The van der Waals surface area contributed by atoms with Crippen LogP contribution >= 0.6 is 0 Å². The summed E-state index contributed by atoms with van der Waals surface area (Å²) in [7, 11) is 1.72. The van der Waals surface area contributed by atoms with Crippen molar-refractivity contribution in [1.82, 2.24) is 24.3 Å². The van der Waals surface area contributed by atoms with Gasteiger partial charge in [-0.05, 0) is 25.5 Å². The van der Waals surface area contributed by atoms with Gasteiger partial charge in [0.2, 0.25) is 11.8 Å². The van der Waals surface area contributed by atoms with Gasteiger partial charge in [0.05, 0.1) is 17.6 Å². The van der Waals surface area contributed by atoms with Crippen molar-refractivity contribution in [3.05, 3.63) is 34.7 Å². The number of carbonyl (C=O) groups excluding carboxylic acids is 2. The van der Waals surface area contributed by atoms with Crippen LogP contribution in [0.2, 0.25) is 0 Å². The lowest BCUT2D eigenvalue weighted by Crippen LogP contribution is -2.52. The SMILES string of the molecule is CCC(C)NC(=O)CN1CCN(C(=O)Cn2c(=O)n(C)c3ccccc32)CC1. The van der Waals surface area contributed by atoms with Crippen molar-refractivity contribution in [3.63, 3.8) is 0 Å². The predicted molar refractivity (Wildman–Crippen MR) is 108 cm³/mol. The standard InChI is InChI=1S/C20H29N5O3/c1-4-15(2)21-18(26)13-23-9-11-24(12-10-23)19(27)14-25-17-8-6-5-7-16(17)22(3)20(25)28/h5-8,15H,4,9-14H2,1-3H3,(H,21,26). The molecule has 1 aliphatic rings. The van der Waals surface area contributed by atoms with Gasteiger partial charge in [0.25, 0.3) is 0 Å². The first-order valence-corrected chi connectivity index (χ1v) is 9.84. The third-order valence-corrected chi connectivity index (χ3v) is 5.46. The van der Waals surface area contributed by atoms with E-state index in [1.807, 2.05) is 38.1 Å². The van der Waals surface area contributed by atoms with E-state index in [0.717, 1.165) is 17.5 Å². The number of nitrogens with one attached hydrogen (secondary N) is 1. The van der Waals surface area contributed by atoms with Crippen LogP contribution in [0.15, 0.2) is 29.1 Å². The van der Waals surface area contributed by atoms with Crippen molar-refractivity contribution >= 4 is 22.8 Å². The van der Waals surface area contributed by atoms with Crippen molar-refractivity contribution in [3.8, 4) is 0 Å². The van der Waals surface area contributed by atoms with Crippen molar-refractivity contribution in [2.75, 3.05) is 32.7 Å². The van der Waals surface area contributed by atoms with Crippen molar-refractivity contribution in [2.45, 2.75) is 32.9 Å². The number of carbonyl (C=O) groups is 2.